The number of nitrogens with one attached hydrogen (secondary N) is 1. The largest absolute Gasteiger partial charge is 0.493 e. The van der Waals surface area contributed by atoms with Crippen molar-refractivity contribution in [3.63, 3.8) is 0 Å². The highest BCUT2D eigenvalue weighted by Gasteiger charge is 2.09. The van der Waals surface area contributed by atoms with Crippen LogP contribution in [0.3, 0.4) is 0 Å². The molecule has 21 heavy (non-hydrogen) atoms. The van der Waals surface area contributed by atoms with Gasteiger partial charge >= 0.3 is 0 Å². The van der Waals surface area contributed by atoms with Crippen LogP contribution in [-0.2, 0) is 0 Å². The molecule has 0 aliphatic carbocycles. The molecule has 3 N–H and O–H groups in total. The molecule has 5 nitrogen and oxygen atoms in total. The first-order valence-electron chi connectivity index (χ1n) is 6.61. The Hall–Kier alpha value is -2.69. The maximum absolute atomic E-state index is 12.1. The second-order valence-electron chi connectivity index (χ2n) is 4.38. The summed E-state index contributed by atoms with van der Waals surface area (Å²) in [5.41, 5.74) is 7.35. The van der Waals surface area contributed by atoms with Crippen molar-refractivity contribution in [2.75, 3.05) is 24.8 Å². The third-order valence-corrected chi connectivity index (χ3v) is 2.87. The molecule has 0 fully saturated rings. The fraction of sp³-hybridized carbons (Fsp3) is 0.188. The molecule has 2 aromatic carbocycles. The Labute approximate surface area is 123 Å². The lowest BCUT2D eigenvalue weighted by atomic mass is 10.2. The number of benzene rings is 2. The van der Waals surface area contributed by atoms with Crippen molar-refractivity contribution in [2.45, 2.75) is 6.92 Å². The molecular weight excluding hydrogens is 268 g/mol. The molecule has 0 spiro atoms. The molecule has 0 unspecified atom stereocenters. The molecule has 0 aliphatic heterocycles. The average molecular weight is 286 g/mol. The number of nitrogen functional groups attached to an aromatic ring is 1. The molecule has 5 heteroatoms. The van der Waals surface area contributed by atoms with E-state index < -0.39 is 0 Å². The van der Waals surface area contributed by atoms with Crippen LogP contribution in [0.2, 0.25) is 0 Å². The minimum atomic E-state index is -0.228. The van der Waals surface area contributed by atoms with E-state index in [1.54, 1.807) is 49.6 Å². The first-order chi connectivity index (χ1) is 10.1. The van der Waals surface area contributed by atoms with E-state index in [0.29, 0.717) is 35.0 Å². The standard InChI is InChI=1S/C16H18N2O3/c1-3-21-14-8-7-13(10-15(14)20-2)18-16(19)11-5-4-6-12(17)9-11/h4-10H,3,17H2,1-2H3,(H,18,19). The summed E-state index contributed by atoms with van der Waals surface area (Å²) >= 11 is 0. The van der Waals surface area contributed by atoms with Crippen LogP contribution in [0, 0.1) is 0 Å². The van der Waals surface area contributed by atoms with Crippen LogP contribution in [0.4, 0.5) is 11.4 Å². The SMILES string of the molecule is CCOc1ccc(NC(=O)c2cccc(N)c2)cc1OC. The van der Waals surface area contributed by atoms with E-state index in [2.05, 4.69) is 5.32 Å². The Morgan fingerprint density at radius 3 is 2.67 bits per heavy atom. The highest BCUT2D eigenvalue weighted by atomic mass is 16.5. The van der Waals surface area contributed by atoms with Gasteiger partial charge in [0.25, 0.3) is 5.91 Å². The van der Waals surface area contributed by atoms with Crippen molar-refractivity contribution in [3.05, 3.63) is 48.0 Å². The van der Waals surface area contributed by atoms with Crippen LogP contribution < -0.4 is 20.5 Å². The Morgan fingerprint density at radius 2 is 2.00 bits per heavy atom. The molecule has 0 bridgehead atoms. The zero-order valence-corrected chi connectivity index (χ0v) is 12.1. The lowest BCUT2D eigenvalue weighted by molar-refractivity contribution is 0.102. The minimum Gasteiger partial charge on any atom is -0.493 e. The van der Waals surface area contributed by atoms with Crippen LogP contribution in [0.1, 0.15) is 17.3 Å². The molecule has 0 heterocycles. The Kier molecular flexibility index (Phi) is 4.66. The summed E-state index contributed by atoms with van der Waals surface area (Å²) in [6, 6.07) is 12.0. The molecule has 0 aliphatic rings. The van der Waals surface area contributed by atoms with E-state index in [-0.39, 0.29) is 5.91 Å². The monoisotopic (exact) mass is 286 g/mol. The third kappa shape index (κ3) is 3.66. The Morgan fingerprint density at radius 1 is 1.19 bits per heavy atom. The number of hydrogen-bond acceptors (Lipinski definition) is 4. The second-order valence-corrected chi connectivity index (χ2v) is 4.38. The number of ether oxygens (including phenoxy) is 2. The summed E-state index contributed by atoms with van der Waals surface area (Å²) in [5.74, 6) is 0.984. The molecule has 0 saturated heterocycles. The van der Waals surface area contributed by atoms with Gasteiger partial charge in [-0.05, 0) is 37.3 Å². The fourth-order valence-corrected chi connectivity index (χ4v) is 1.90. The zero-order valence-electron chi connectivity index (χ0n) is 12.1. The van der Waals surface area contributed by atoms with Crippen LogP contribution in [0.25, 0.3) is 0 Å². The summed E-state index contributed by atoms with van der Waals surface area (Å²) in [5, 5.41) is 2.80. The summed E-state index contributed by atoms with van der Waals surface area (Å²) in [4.78, 5) is 12.1. The highest BCUT2D eigenvalue weighted by Crippen LogP contribution is 2.30. The van der Waals surface area contributed by atoms with Gasteiger partial charge in [-0.3, -0.25) is 4.79 Å². The summed E-state index contributed by atoms with van der Waals surface area (Å²) in [6.45, 7) is 2.44. The number of carbonyl (C=O) groups excluding carboxylic acids is 1. The van der Waals surface area contributed by atoms with Gasteiger partial charge in [-0.25, -0.2) is 0 Å². The fourth-order valence-electron chi connectivity index (χ4n) is 1.90. The number of amides is 1. The molecule has 0 aromatic heterocycles. The van der Waals surface area contributed by atoms with Crippen LogP contribution in [0.5, 0.6) is 11.5 Å². The van der Waals surface area contributed by atoms with E-state index in [9.17, 15) is 4.79 Å². The van der Waals surface area contributed by atoms with Gasteiger partial charge in [0.2, 0.25) is 0 Å². The van der Waals surface area contributed by atoms with E-state index in [1.165, 1.54) is 0 Å². The normalized spacial score (nSPS) is 10.0. The topological polar surface area (TPSA) is 73.6 Å². The predicted molar refractivity (Wildman–Crippen MR) is 83.0 cm³/mol. The van der Waals surface area contributed by atoms with Gasteiger partial charge in [0.15, 0.2) is 11.5 Å². The number of carbonyl (C=O) groups is 1. The van der Waals surface area contributed by atoms with Crippen molar-refractivity contribution in [1.82, 2.24) is 0 Å². The van der Waals surface area contributed by atoms with E-state index in [4.69, 9.17) is 15.2 Å². The van der Waals surface area contributed by atoms with Crippen LogP contribution in [0.15, 0.2) is 42.5 Å². The van der Waals surface area contributed by atoms with Crippen molar-refractivity contribution in [2.24, 2.45) is 0 Å². The Balaban J connectivity index is 2.17. The van der Waals surface area contributed by atoms with Gasteiger partial charge in [-0.2, -0.15) is 0 Å². The van der Waals surface area contributed by atoms with Crippen molar-refractivity contribution >= 4 is 17.3 Å². The maximum Gasteiger partial charge on any atom is 0.255 e. The number of hydrogen-bond donors (Lipinski definition) is 2. The number of rotatable bonds is 5. The van der Waals surface area contributed by atoms with E-state index >= 15 is 0 Å². The summed E-state index contributed by atoms with van der Waals surface area (Å²) in [6.07, 6.45) is 0. The first-order valence-corrected chi connectivity index (χ1v) is 6.61. The lowest BCUT2D eigenvalue weighted by Gasteiger charge is -2.12. The van der Waals surface area contributed by atoms with E-state index in [0.717, 1.165) is 0 Å². The highest BCUT2D eigenvalue weighted by molar-refractivity contribution is 6.04. The molecule has 2 aromatic rings. The van der Waals surface area contributed by atoms with Gasteiger partial charge in [0.05, 0.1) is 13.7 Å². The van der Waals surface area contributed by atoms with Crippen molar-refractivity contribution < 1.29 is 14.3 Å². The van der Waals surface area contributed by atoms with Crippen LogP contribution >= 0.6 is 0 Å². The van der Waals surface area contributed by atoms with Crippen LogP contribution in [-0.4, -0.2) is 19.6 Å². The lowest BCUT2D eigenvalue weighted by Crippen LogP contribution is -2.12. The number of anilines is 2. The second kappa shape index (κ2) is 6.65. The average Bonchev–Trinajstić information content (AvgIpc) is 2.49. The quantitative estimate of drug-likeness (QED) is 0.829. The molecule has 0 saturated carbocycles. The summed E-state index contributed by atoms with van der Waals surface area (Å²) in [7, 11) is 1.56. The molecule has 0 radical (unpaired) electrons. The number of methoxy groups -OCH3 is 1. The predicted octanol–water partition coefficient (Wildman–Crippen LogP) is 2.93. The van der Waals surface area contributed by atoms with Crippen molar-refractivity contribution in [1.29, 1.82) is 0 Å². The Bertz CT molecular complexity index is 641. The van der Waals surface area contributed by atoms with Gasteiger partial charge in [-0.1, -0.05) is 6.07 Å². The van der Waals surface area contributed by atoms with Gasteiger partial charge in [0, 0.05) is 23.0 Å². The van der Waals surface area contributed by atoms with Crippen molar-refractivity contribution in [3.8, 4) is 11.5 Å². The summed E-state index contributed by atoms with van der Waals surface area (Å²) < 4.78 is 10.7. The first kappa shape index (κ1) is 14.7. The van der Waals surface area contributed by atoms with Gasteiger partial charge in [0.1, 0.15) is 0 Å². The minimum absolute atomic E-state index is 0.228. The molecule has 0 atom stereocenters. The maximum atomic E-state index is 12.1. The van der Waals surface area contributed by atoms with E-state index in [1.807, 2.05) is 6.92 Å². The third-order valence-electron chi connectivity index (χ3n) is 2.87. The number of nitrogens with two attached hydrogens (primary N) is 1. The zero-order chi connectivity index (χ0) is 15.2. The molecule has 110 valence electrons. The molecule has 2 rings (SSSR count). The van der Waals surface area contributed by atoms with Gasteiger partial charge in [-0.15, -0.1) is 0 Å². The smallest absolute Gasteiger partial charge is 0.255 e. The van der Waals surface area contributed by atoms with Gasteiger partial charge < -0.3 is 20.5 Å². The molecule has 1 amide bonds. The molecular formula is C16H18N2O3.